The standard InChI is InChI=1S/C25H24N2O3/c1-30-23-14-8-7-12-20(23)16-26-24(28)22-15-19-11-5-6-13-21(19)17-27(22)25(29)18-9-3-2-4-10-18/h2-14,22H,15-17H2,1H3,(H,26,28). The number of para-hydroxylation sites is 1. The van der Waals surface area contributed by atoms with E-state index in [9.17, 15) is 9.59 Å². The number of hydrogen-bond acceptors (Lipinski definition) is 3. The Morgan fingerprint density at radius 3 is 2.37 bits per heavy atom. The third-order valence-electron chi connectivity index (χ3n) is 5.48. The van der Waals surface area contributed by atoms with E-state index in [1.54, 1.807) is 24.1 Å². The molecule has 1 unspecified atom stereocenters. The molecule has 5 heteroatoms. The van der Waals surface area contributed by atoms with Crippen LogP contribution in [0.15, 0.2) is 78.9 Å². The third kappa shape index (κ3) is 4.06. The van der Waals surface area contributed by atoms with Crippen LogP contribution in [0, 0.1) is 0 Å². The minimum Gasteiger partial charge on any atom is -0.496 e. The van der Waals surface area contributed by atoms with E-state index >= 15 is 0 Å². The number of nitrogens with zero attached hydrogens (tertiary/aromatic N) is 1. The van der Waals surface area contributed by atoms with Gasteiger partial charge in [0.05, 0.1) is 7.11 Å². The maximum atomic E-state index is 13.2. The Kier molecular flexibility index (Phi) is 5.80. The van der Waals surface area contributed by atoms with Crippen molar-refractivity contribution in [2.75, 3.05) is 7.11 Å². The van der Waals surface area contributed by atoms with Gasteiger partial charge < -0.3 is 15.0 Å². The van der Waals surface area contributed by atoms with Crippen LogP contribution in [0.25, 0.3) is 0 Å². The second kappa shape index (κ2) is 8.82. The molecule has 30 heavy (non-hydrogen) atoms. The van der Waals surface area contributed by atoms with Crippen molar-refractivity contribution in [3.63, 3.8) is 0 Å². The normalized spacial score (nSPS) is 15.2. The first kappa shape index (κ1) is 19.7. The van der Waals surface area contributed by atoms with E-state index in [0.29, 0.717) is 25.1 Å². The summed E-state index contributed by atoms with van der Waals surface area (Å²) in [6.07, 6.45) is 0.493. The molecular formula is C25H24N2O3. The smallest absolute Gasteiger partial charge is 0.254 e. The van der Waals surface area contributed by atoms with Crippen molar-refractivity contribution in [1.82, 2.24) is 10.2 Å². The maximum Gasteiger partial charge on any atom is 0.254 e. The van der Waals surface area contributed by atoms with Crippen LogP contribution in [0.5, 0.6) is 5.75 Å². The van der Waals surface area contributed by atoms with Crippen molar-refractivity contribution in [3.05, 3.63) is 101 Å². The number of methoxy groups -OCH3 is 1. The average molecular weight is 400 g/mol. The number of benzene rings is 3. The quantitative estimate of drug-likeness (QED) is 0.712. The summed E-state index contributed by atoms with van der Waals surface area (Å²) in [5.41, 5.74) is 3.66. The molecule has 0 saturated carbocycles. The Morgan fingerprint density at radius 1 is 0.933 bits per heavy atom. The molecule has 0 aromatic heterocycles. The first-order valence-corrected chi connectivity index (χ1v) is 10.00. The minimum absolute atomic E-state index is 0.137. The van der Waals surface area contributed by atoms with Gasteiger partial charge in [-0.2, -0.15) is 0 Å². The molecule has 1 N–H and O–H groups in total. The van der Waals surface area contributed by atoms with Crippen LogP contribution in [0.3, 0.4) is 0 Å². The summed E-state index contributed by atoms with van der Waals surface area (Å²) in [5, 5.41) is 3.00. The molecule has 4 rings (SSSR count). The van der Waals surface area contributed by atoms with Crippen LogP contribution in [-0.2, 0) is 24.3 Å². The Bertz CT molecular complexity index is 1050. The second-order valence-corrected chi connectivity index (χ2v) is 7.32. The Labute approximate surface area is 176 Å². The van der Waals surface area contributed by atoms with Gasteiger partial charge in [0.25, 0.3) is 5.91 Å². The number of ether oxygens (including phenoxy) is 1. The number of nitrogens with one attached hydrogen (secondary N) is 1. The number of hydrogen-bond donors (Lipinski definition) is 1. The topological polar surface area (TPSA) is 58.6 Å². The van der Waals surface area contributed by atoms with Gasteiger partial charge in [-0.15, -0.1) is 0 Å². The van der Waals surface area contributed by atoms with Crippen LogP contribution < -0.4 is 10.1 Å². The van der Waals surface area contributed by atoms with Crippen molar-refractivity contribution in [2.45, 2.75) is 25.6 Å². The van der Waals surface area contributed by atoms with Crippen molar-refractivity contribution in [3.8, 4) is 5.75 Å². The van der Waals surface area contributed by atoms with E-state index in [0.717, 1.165) is 22.4 Å². The first-order chi connectivity index (χ1) is 14.7. The largest absolute Gasteiger partial charge is 0.496 e. The number of amides is 2. The SMILES string of the molecule is COc1ccccc1CNC(=O)C1Cc2ccccc2CN1C(=O)c1ccccc1. The van der Waals surface area contributed by atoms with Crippen molar-refractivity contribution in [2.24, 2.45) is 0 Å². The predicted molar refractivity (Wildman–Crippen MR) is 115 cm³/mol. The zero-order chi connectivity index (χ0) is 20.9. The van der Waals surface area contributed by atoms with Gasteiger partial charge in [0.15, 0.2) is 0 Å². The molecule has 0 fully saturated rings. The van der Waals surface area contributed by atoms with Gasteiger partial charge in [-0.1, -0.05) is 60.7 Å². The number of carbonyl (C=O) groups is 2. The van der Waals surface area contributed by atoms with E-state index in [1.165, 1.54) is 0 Å². The van der Waals surface area contributed by atoms with Crippen molar-refractivity contribution >= 4 is 11.8 Å². The van der Waals surface area contributed by atoms with E-state index in [4.69, 9.17) is 4.74 Å². The van der Waals surface area contributed by atoms with Gasteiger partial charge in [0.2, 0.25) is 5.91 Å². The third-order valence-corrected chi connectivity index (χ3v) is 5.48. The second-order valence-electron chi connectivity index (χ2n) is 7.32. The molecule has 0 aliphatic carbocycles. The Balaban J connectivity index is 1.58. The molecule has 0 bridgehead atoms. The summed E-state index contributed by atoms with van der Waals surface area (Å²) >= 11 is 0. The highest BCUT2D eigenvalue weighted by Gasteiger charge is 2.34. The van der Waals surface area contributed by atoms with Crippen LogP contribution in [-0.4, -0.2) is 29.9 Å². The van der Waals surface area contributed by atoms with Crippen LogP contribution in [0.2, 0.25) is 0 Å². The molecule has 2 amide bonds. The van der Waals surface area contributed by atoms with E-state index < -0.39 is 6.04 Å². The molecular weight excluding hydrogens is 376 g/mol. The predicted octanol–water partition coefficient (Wildman–Crippen LogP) is 3.58. The number of carbonyl (C=O) groups excluding carboxylic acids is 2. The minimum atomic E-state index is -0.567. The Hall–Kier alpha value is -3.60. The lowest BCUT2D eigenvalue weighted by molar-refractivity contribution is -0.126. The molecule has 3 aromatic rings. The summed E-state index contributed by atoms with van der Waals surface area (Å²) in [6.45, 7) is 0.755. The summed E-state index contributed by atoms with van der Waals surface area (Å²) < 4.78 is 5.37. The van der Waals surface area contributed by atoms with Gasteiger partial charge in [0, 0.05) is 30.6 Å². The number of rotatable bonds is 5. The lowest BCUT2D eigenvalue weighted by atomic mass is 9.92. The zero-order valence-electron chi connectivity index (χ0n) is 16.9. The molecule has 5 nitrogen and oxygen atoms in total. The van der Waals surface area contributed by atoms with E-state index in [2.05, 4.69) is 5.32 Å². The van der Waals surface area contributed by atoms with Crippen LogP contribution in [0.4, 0.5) is 0 Å². The summed E-state index contributed by atoms with van der Waals surface area (Å²) in [6, 6.07) is 24.1. The summed E-state index contributed by atoms with van der Waals surface area (Å²) in [5.74, 6) is 0.422. The highest BCUT2D eigenvalue weighted by molar-refractivity contribution is 5.98. The summed E-state index contributed by atoms with van der Waals surface area (Å²) in [7, 11) is 1.61. The molecule has 1 aliphatic rings. The maximum absolute atomic E-state index is 13.2. The monoisotopic (exact) mass is 400 g/mol. The fourth-order valence-corrected chi connectivity index (χ4v) is 3.87. The van der Waals surface area contributed by atoms with Crippen LogP contribution in [0.1, 0.15) is 27.0 Å². The summed E-state index contributed by atoms with van der Waals surface area (Å²) in [4.78, 5) is 28.1. The van der Waals surface area contributed by atoms with Gasteiger partial charge >= 0.3 is 0 Å². The molecule has 1 aliphatic heterocycles. The van der Waals surface area contributed by atoms with Gasteiger partial charge in [-0.3, -0.25) is 9.59 Å². The van der Waals surface area contributed by atoms with Crippen molar-refractivity contribution < 1.29 is 14.3 Å². The van der Waals surface area contributed by atoms with Gasteiger partial charge in [-0.25, -0.2) is 0 Å². The lowest BCUT2D eigenvalue weighted by Gasteiger charge is -2.36. The highest BCUT2D eigenvalue weighted by atomic mass is 16.5. The molecule has 3 aromatic carbocycles. The average Bonchev–Trinajstić information content (AvgIpc) is 2.82. The first-order valence-electron chi connectivity index (χ1n) is 10.00. The lowest BCUT2D eigenvalue weighted by Crippen LogP contribution is -2.52. The van der Waals surface area contributed by atoms with E-state index in [-0.39, 0.29) is 11.8 Å². The van der Waals surface area contributed by atoms with Crippen LogP contribution >= 0.6 is 0 Å². The highest BCUT2D eigenvalue weighted by Crippen LogP contribution is 2.25. The fourth-order valence-electron chi connectivity index (χ4n) is 3.87. The van der Waals surface area contributed by atoms with Gasteiger partial charge in [-0.05, 0) is 29.3 Å². The van der Waals surface area contributed by atoms with Crippen molar-refractivity contribution in [1.29, 1.82) is 0 Å². The zero-order valence-corrected chi connectivity index (χ0v) is 16.9. The molecule has 152 valence electrons. The molecule has 0 spiro atoms. The van der Waals surface area contributed by atoms with E-state index in [1.807, 2.05) is 66.7 Å². The molecule has 1 atom stereocenters. The number of fused-ring (bicyclic) bond motifs is 1. The fraction of sp³-hybridized carbons (Fsp3) is 0.200. The Morgan fingerprint density at radius 2 is 1.60 bits per heavy atom. The van der Waals surface area contributed by atoms with Gasteiger partial charge in [0.1, 0.15) is 11.8 Å². The molecule has 0 radical (unpaired) electrons. The molecule has 1 heterocycles. The molecule has 0 saturated heterocycles.